The zero-order chi connectivity index (χ0) is 17.6. The summed E-state index contributed by atoms with van der Waals surface area (Å²) in [5.41, 5.74) is 4.07. The van der Waals surface area contributed by atoms with Gasteiger partial charge in [0.1, 0.15) is 10.8 Å². The Morgan fingerprint density at radius 2 is 1.96 bits per heavy atom. The van der Waals surface area contributed by atoms with Crippen LogP contribution in [0.15, 0.2) is 54.0 Å². The highest BCUT2D eigenvalue weighted by molar-refractivity contribution is 7.13. The fourth-order valence-corrected chi connectivity index (χ4v) is 3.23. The molecule has 0 bridgehead atoms. The van der Waals surface area contributed by atoms with Gasteiger partial charge in [-0.05, 0) is 49.2 Å². The maximum Gasteiger partial charge on any atom is 0.227 e. The van der Waals surface area contributed by atoms with Crippen molar-refractivity contribution in [2.45, 2.75) is 20.3 Å². The summed E-state index contributed by atoms with van der Waals surface area (Å²) in [4.78, 5) is 16.4. The molecule has 3 aromatic rings. The van der Waals surface area contributed by atoms with E-state index < -0.39 is 0 Å². The van der Waals surface area contributed by atoms with Crippen LogP contribution in [0, 0.1) is 13.8 Å². The number of carbonyl (C=O) groups excluding carboxylic acids is 1. The molecular weight excluding hydrogens is 332 g/mol. The van der Waals surface area contributed by atoms with Gasteiger partial charge in [0.2, 0.25) is 5.91 Å². The maximum atomic E-state index is 12.1. The minimum Gasteiger partial charge on any atom is -0.493 e. The molecule has 0 aliphatic carbocycles. The van der Waals surface area contributed by atoms with Gasteiger partial charge in [-0.15, -0.1) is 11.3 Å². The molecule has 0 spiro atoms. The molecule has 128 valence electrons. The molecule has 3 rings (SSSR count). The zero-order valence-electron chi connectivity index (χ0n) is 14.3. The normalized spacial score (nSPS) is 10.5. The second-order valence-electron chi connectivity index (χ2n) is 5.89. The SMILES string of the molecule is Cc1cc(C)cc(OCCC(=O)Nc2cccc(-c3nccs3)c2)c1. The van der Waals surface area contributed by atoms with E-state index in [9.17, 15) is 4.79 Å². The number of nitrogens with zero attached hydrogens (tertiary/aromatic N) is 1. The standard InChI is InChI=1S/C20H20N2O2S/c1-14-10-15(2)12-18(11-14)24-8-6-19(23)22-17-5-3-4-16(13-17)20-21-7-9-25-20/h3-5,7,9-13H,6,8H2,1-2H3,(H,22,23). The molecule has 1 N–H and O–H groups in total. The number of thiazole rings is 1. The van der Waals surface area contributed by atoms with Gasteiger partial charge in [0.25, 0.3) is 0 Å². The second kappa shape index (κ2) is 7.94. The highest BCUT2D eigenvalue weighted by Crippen LogP contribution is 2.24. The first kappa shape index (κ1) is 17.2. The Kier molecular flexibility index (Phi) is 5.46. The number of nitrogens with one attached hydrogen (secondary N) is 1. The topological polar surface area (TPSA) is 51.2 Å². The van der Waals surface area contributed by atoms with Gasteiger partial charge in [0, 0.05) is 22.8 Å². The van der Waals surface area contributed by atoms with Gasteiger partial charge in [-0.2, -0.15) is 0 Å². The number of rotatable bonds is 6. The summed E-state index contributed by atoms with van der Waals surface area (Å²) in [5, 5.41) is 5.79. The van der Waals surface area contributed by atoms with Crippen molar-refractivity contribution in [3.05, 3.63) is 65.2 Å². The van der Waals surface area contributed by atoms with Crippen molar-refractivity contribution in [2.24, 2.45) is 0 Å². The zero-order valence-corrected chi connectivity index (χ0v) is 15.1. The number of aromatic nitrogens is 1. The van der Waals surface area contributed by atoms with E-state index in [-0.39, 0.29) is 5.91 Å². The van der Waals surface area contributed by atoms with Crippen molar-refractivity contribution >= 4 is 22.9 Å². The summed E-state index contributed by atoms with van der Waals surface area (Å²) >= 11 is 1.57. The average molecular weight is 352 g/mol. The van der Waals surface area contributed by atoms with Crippen LogP contribution in [0.25, 0.3) is 10.6 Å². The number of amides is 1. The van der Waals surface area contributed by atoms with Gasteiger partial charge >= 0.3 is 0 Å². The number of hydrogen-bond donors (Lipinski definition) is 1. The van der Waals surface area contributed by atoms with Crippen LogP contribution in [0.2, 0.25) is 0 Å². The van der Waals surface area contributed by atoms with Crippen molar-refractivity contribution in [2.75, 3.05) is 11.9 Å². The predicted molar refractivity (Wildman–Crippen MR) is 102 cm³/mol. The summed E-state index contributed by atoms with van der Waals surface area (Å²) in [6, 6.07) is 13.7. The minimum atomic E-state index is -0.0688. The molecular formula is C20H20N2O2S. The maximum absolute atomic E-state index is 12.1. The summed E-state index contributed by atoms with van der Waals surface area (Å²) in [6.45, 7) is 4.41. The lowest BCUT2D eigenvalue weighted by Gasteiger charge is -2.09. The molecule has 5 heteroatoms. The van der Waals surface area contributed by atoms with Gasteiger partial charge in [0.05, 0.1) is 13.0 Å². The minimum absolute atomic E-state index is 0.0688. The Hall–Kier alpha value is -2.66. The molecule has 0 radical (unpaired) electrons. The monoisotopic (exact) mass is 352 g/mol. The van der Waals surface area contributed by atoms with Gasteiger partial charge in [-0.25, -0.2) is 4.98 Å². The first-order valence-corrected chi connectivity index (χ1v) is 8.99. The lowest BCUT2D eigenvalue weighted by molar-refractivity contribution is -0.116. The molecule has 0 aliphatic heterocycles. The summed E-state index contributed by atoms with van der Waals surface area (Å²) < 4.78 is 5.69. The van der Waals surface area contributed by atoms with Crippen LogP contribution in [0.4, 0.5) is 5.69 Å². The molecule has 0 fully saturated rings. The van der Waals surface area contributed by atoms with E-state index in [1.54, 1.807) is 17.5 Å². The molecule has 4 nitrogen and oxygen atoms in total. The molecule has 0 atom stereocenters. The fourth-order valence-electron chi connectivity index (χ4n) is 2.60. The van der Waals surface area contributed by atoms with Crippen molar-refractivity contribution in [1.82, 2.24) is 4.98 Å². The van der Waals surface area contributed by atoms with Crippen molar-refractivity contribution < 1.29 is 9.53 Å². The Morgan fingerprint density at radius 3 is 2.68 bits per heavy atom. The Balaban J connectivity index is 1.53. The number of anilines is 1. The van der Waals surface area contributed by atoms with Gasteiger partial charge in [-0.3, -0.25) is 4.79 Å². The lowest BCUT2D eigenvalue weighted by Crippen LogP contribution is -2.15. The summed E-state index contributed by atoms with van der Waals surface area (Å²) in [5.74, 6) is 0.733. The summed E-state index contributed by atoms with van der Waals surface area (Å²) in [7, 11) is 0. The first-order valence-electron chi connectivity index (χ1n) is 8.11. The molecule has 0 saturated carbocycles. The Labute approximate surface area is 151 Å². The van der Waals surface area contributed by atoms with E-state index in [0.717, 1.165) is 33.1 Å². The number of carbonyl (C=O) groups is 1. The average Bonchev–Trinajstić information content (AvgIpc) is 3.08. The molecule has 0 saturated heterocycles. The highest BCUT2D eigenvalue weighted by Gasteiger charge is 2.06. The second-order valence-corrected chi connectivity index (χ2v) is 6.78. The predicted octanol–water partition coefficient (Wildman–Crippen LogP) is 4.83. The van der Waals surface area contributed by atoms with Crippen LogP contribution in [0.1, 0.15) is 17.5 Å². The third kappa shape index (κ3) is 4.90. The van der Waals surface area contributed by atoms with Crippen LogP contribution in [-0.4, -0.2) is 17.5 Å². The third-order valence-corrected chi connectivity index (χ3v) is 4.44. The molecule has 0 unspecified atom stereocenters. The number of aryl methyl sites for hydroxylation is 2. The van der Waals surface area contributed by atoms with Crippen molar-refractivity contribution in [3.8, 4) is 16.3 Å². The molecule has 1 aromatic heterocycles. The Morgan fingerprint density at radius 1 is 1.16 bits per heavy atom. The smallest absolute Gasteiger partial charge is 0.227 e. The van der Waals surface area contributed by atoms with Crippen LogP contribution in [-0.2, 0) is 4.79 Å². The molecule has 2 aromatic carbocycles. The molecule has 0 aliphatic rings. The van der Waals surface area contributed by atoms with Crippen LogP contribution >= 0.6 is 11.3 Å². The van der Waals surface area contributed by atoms with Gasteiger partial charge in [-0.1, -0.05) is 18.2 Å². The molecule has 1 amide bonds. The Bertz CT molecular complexity index is 840. The molecule has 1 heterocycles. The number of ether oxygens (including phenoxy) is 1. The molecule has 25 heavy (non-hydrogen) atoms. The van der Waals surface area contributed by atoms with Crippen LogP contribution in [0.5, 0.6) is 5.75 Å². The van der Waals surface area contributed by atoms with Crippen LogP contribution < -0.4 is 10.1 Å². The van der Waals surface area contributed by atoms with Crippen molar-refractivity contribution in [1.29, 1.82) is 0 Å². The van der Waals surface area contributed by atoms with E-state index in [4.69, 9.17) is 4.74 Å². The van der Waals surface area contributed by atoms with Gasteiger partial charge in [0.15, 0.2) is 0 Å². The van der Waals surface area contributed by atoms with Crippen molar-refractivity contribution in [3.63, 3.8) is 0 Å². The quantitative estimate of drug-likeness (QED) is 0.691. The van der Waals surface area contributed by atoms with Gasteiger partial charge < -0.3 is 10.1 Å². The highest BCUT2D eigenvalue weighted by atomic mass is 32.1. The van der Waals surface area contributed by atoms with E-state index in [1.807, 2.05) is 55.6 Å². The van der Waals surface area contributed by atoms with E-state index >= 15 is 0 Å². The van der Waals surface area contributed by atoms with E-state index in [1.165, 1.54) is 0 Å². The van der Waals surface area contributed by atoms with E-state index in [2.05, 4.69) is 16.4 Å². The van der Waals surface area contributed by atoms with Crippen LogP contribution in [0.3, 0.4) is 0 Å². The number of hydrogen-bond acceptors (Lipinski definition) is 4. The fraction of sp³-hybridized carbons (Fsp3) is 0.200. The first-order chi connectivity index (χ1) is 12.1. The summed E-state index contributed by atoms with van der Waals surface area (Å²) in [6.07, 6.45) is 2.07. The lowest BCUT2D eigenvalue weighted by atomic mass is 10.1. The third-order valence-electron chi connectivity index (χ3n) is 3.62. The number of benzene rings is 2. The van der Waals surface area contributed by atoms with E-state index in [0.29, 0.717) is 13.0 Å². The largest absolute Gasteiger partial charge is 0.493 e.